The summed E-state index contributed by atoms with van der Waals surface area (Å²) in [5.41, 5.74) is 0.704. The Morgan fingerprint density at radius 2 is 1.76 bits per heavy atom. The molecule has 0 N–H and O–H groups in total. The van der Waals surface area contributed by atoms with Crippen molar-refractivity contribution >= 4 is 23.4 Å². The lowest BCUT2D eigenvalue weighted by atomic mass is 10.1. The lowest BCUT2D eigenvalue weighted by Gasteiger charge is -2.34. The molecule has 0 atom stereocenters. The molecule has 0 radical (unpaired) electrons. The first-order valence-corrected chi connectivity index (χ1v) is 8.23. The highest BCUT2D eigenvalue weighted by atomic mass is 35.5. The molecule has 25 heavy (non-hydrogen) atoms. The average Bonchev–Trinajstić information content (AvgIpc) is 3.07. The standard InChI is InChI=1S/C17H18ClN3O4/c1-11-9-14(19-25-11)17(23)21-7-5-20(6-8-21)16(22)13-10-12(18)3-4-15(13)24-2/h3-4,9-10H,5-8H2,1-2H3. The second-order valence-electron chi connectivity index (χ2n) is 5.75. The molecule has 8 heteroatoms. The second kappa shape index (κ2) is 7.14. The van der Waals surface area contributed by atoms with Gasteiger partial charge in [-0.05, 0) is 25.1 Å². The molecule has 0 saturated carbocycles. The van der Waals surface area contributed by atoms with Crippen LogP contribution in [-0.4, -0.2) is 60.1 Å². The zero-order chi connectivity index (χ0) is 18.0. The fourth-order valence-corrected chi connectivity index (χ4v) is 2.93. The molecule has 2 amide bonds. The number of benzene rings is 1. The molecule has 1 aliphatic heterocycles. The fraction of sp³-hybridized carbons (Fsp3) is 0.353. The van der Waals surface area contributed by atoms with Gasteiger partial charge in [-0.2, -0.15) is 0 Å². The van der Waals surface area contributed by atoms with Gasteiger partial charge in [0.05, 0.1) is 12.7 Å². The molecule has 0 spiro atoms. The number of hydrogen-bond donors (Lipinski definition) is 0. The zero-order valence-corrected chi connectivity index (χ0v) is 14.7. The Morgan fingerprint density at radius 3 is 2.32 bits per heavy atom. The molecule has 1 aliphatic rings. The van der Waals surface area contributed by atoms with E-state index in [2.05, 4.69) is 5.16 Å². The maximum Gasteiger partial charge on any atom is 0.276 e. The van der Waals surface area contributed by atoms with Gasteiger partial charge < -0.3 is 19.1 Å². The van der Waals surface area contributed by atoms with E-state index in [0.717, 1.165) is 0 Å². The highest BCUT2D eigenvalue weighted by molar-refractivity contribution is 6.31. The molecular formula is C17H18ClN3O4. The van der Waals surface area contributed by atoms with Gasteiger partial charge in [0.15, 0.2) is 5.69 Å². The zero-order valence-electron chi connectivity index (χ0n) is 14.0. The monoisotopic (exact) mass is 363 g/mol. The minimum atomic E-state index is -0.190. The van der Waals surface area contributed by atoms with Crippen LogP contribution in [0, 0.1) is 6.92 Å². The molecule has 1 fully saturated rings. The van der Waals surface area contributed by atoms with Crippen molar-refractivity contribution in [2.75, 3.05) is 33.3 Å². The molecule has 1 aromatic heterocycles. The number of amides is 2. The van der Waals surface area contributed by atoms with E-state index in [1.165, 1.54) is 7.11 Å². The summed E-state index contributed by atoms with van der Waals surface area (Å²) in [5, 5.41) is 4.22. The van der Waals surface area contributed by atoms with Gasteiger partial charge in [-0.25, -0.2) is 0 Å². The van der Waals surface area contributed by atoms with Crippen molar-refractivity contribution < 1.29 is 18.8 Å². The smallest absolute Gasteiger partial charge is 0.276 e. The number of halogens is 1. The Morgan fingerprint density at radius 1 is 1.12 bits per heavy atom. The number of carbonyl (C=O) groups excluding carboxylic acids is 2. The van der Waals surface area contributed by atoms with Crippen LogP contribution >= 0.6 is 11.6 Å². The first kappa shape index (κ1) is 17.3. The second-order valence-corrected chi connectivity index (χ2v) is 6.19. The van der Waals surface area contributed by atoms with Gasteiger partial charge in [-0.15, -0.1) is 0 Å². The number of carbonyl (C=O) groups is 2. The third-order valence-corrected chi connectivity index (χ3v) is 4.33. The molecule has 0 bridgehead atoms. The van der Waals surface area contributed by atoms with Crippen molar-refractivity contribution in [1.82, 2.24) is 15.0 Å². The Hall–Kier alpha value is -2.54. The summed E-state index contributed by atoms with van der Waals surface area (Å²) < 4.78 is 10.2. The minimum absolute atomic E-state index is 0.163. The van der Waals surface area contributed by atoms with Crippen LogP contribution in [0.3, 0.4) is 0 Å². The van der Waals surface area contributed by atoms with E-state index < -0.39 is 0 Å². The van der Waals surface area contributed by atoms with Crippen LogP contribution in [0.1, 0.15) is 26.6 Å². The van der Waals surface area contributed by atoms with Crippen LogP contribution < -0.4 is 4.74 Å². The third kappa shape index (κ3) is 3.61. The van der Waals surface area contributed by atoms with Gasteiger partial charge in [0.2, 0.25) is 0 Å². The lowest BCUT2D eigenvalue weighted by Crippen LogP contribution is -2.50. The van der Waals surface area contributed by atoms with Crippen LogP contribution in [0.25, 0.3) is 0 Å². The highest BCUT2D eigenvalue weighted by Gasteiger charge is 2.28. The third-order valence-electron chi connectivity index (χ3n) is 4.09. The topological polar surface area (TPSA) is 75.9 Å². The minimum Gasteiger partial charge on any atom is -0.496 e. The molecule has 1 saturated heterocycles. The molecule has 0 aliphatic carbocycles. The molecule has 2 heterocycles. The van der Waals surface area contributed by atoms with E-state index in [0.29, 0.717) is 48.3 Å². The maximum absolute atomic E-state index is 12.7. The lowest BCUT2D eigenvalue weighted by molar-refractivity contribution is 0.0528. The Bertz CT molecular complexity index is 797. The van der Waals surface area contributed by atoms with Gasteiger partial charge in [0, 0.05) is 37.3 Å². The van der Waals surface area contributed by atoms with Crippen LogP contribution in [-0.2, 0) is 0 Å². The van der Waals surface area contributed by atoms with Crippen molar-refractivity contribution in [3.05, 3.63) is 46.3 Å². The quantitative estimate of drug-likeness (QED) is 0.836. The number of methoxy groups -OCH3 is 1. The first-order valence-electron chi connectivity index (χ1n) is 7.85. The van der Waals surface area contributed by atoms with Gasteiger partial charge >= 0.3 is 0 Å². The number of rotatable bonds is 3. The summed E-state index contributed by atoms with van der Waals surface area (Å²) in [7, 11) is 1.51. The Balaban J connectivity index is 1.67. The van der Waals surface area contributed by atoms with E-state index in [1.807, 2.05) is 0 Å². The van der Waals surface area contributed by atoms with Crippen LogP contribution in [0.4, 0.5) is 0 Å². The number of ether oxygens (including phenoxy) is 1. The van der Waals surface area contributed by atoms with Gasteiger partial charge in [-0.1, -0.05) is 16.8 Å². The number of hydrogen-bond acceptors (Lipinski definition) is 5. The summed E-state index contributed by atoms with van der Waals surface area (Å²) in [6.45, 7) is 3.45. The molecule has 3 rings (SSSR count). The summed E-state index contributed by atoms with van der Waals surface area (Å²) in [5.74, 6) is 0.712. The van der Waals surface area contributed by atoms with Crippen molar-refractivity contribution in [1.29, 1.82) is 0 Å². The SMILES string of the molecule is COc1ccc(Cl)cc1C(=O)N1CCN(C(=O)c2cc(C)on2)CC1. The van der Waals surface area contributed by atoms with Crippen LogP contribution in [0.2, 0.25) is 5.02 Å². The summed E-state index contributed by atoms with van der Waals surface area (Å²) in [6, 6.07) is 6.55. The molecule has 1 aromatic carbocycles. The van der Waals surface area contributed by atoms with Crippen molar-refractivity contribution in [2.45, 2.75) is 6.92 Å². The van der Waals surface area contributed by atoms with Gasteiger partial charge in [-0.3, -0.25) is 9.59 Å². The molecular weight excluding hydrogens is 346 g/mol. The number of piperazine rings is 1. The predicted molar refractivity (Wildman–Crippen MR) is 91.1 cm³/mol. The van der Waals surface area contributed by atoms with Crippen molar-refractivity contribution in [3.63, 3.8) is 0 Å². The van der Waals surface area contributed by atoms with E-state index >= 15 is 0 Å². The summed E-state index contributed by atoms with van der Waals surface area (Å²) >= 11 is 6.00. The van der Waals surface area contributed by atoms with Crippen molar-refractivity contribution in [2.24, 2.45) is 0 Å². The maximum atomic E-state index is 12.7. The molecule has 0 unspecified atom stereocenters. The largest absolute Gasteiger partial charge is 0.496 e. The van der Waals surface area contributed by atoms with Crippen LogP contribution in [0.15, 0.2) is 28.8 Å². The van der Waals surface area contributed by atoms with E-state index in [1.54, 1.807) is 41.0 Å². The number of aryl methyl sites for hydroxylation is 1. The van der Waals surface area contributed by atoms with Gasteiger partial charge in [0.1, 0.15) is 11.5 Å². The highest BCUT2D eigenvalue weighted by Crippen LogP contribution is 2.24. The Kier molecular flexibility index (Phi) is 4.94. The summed E-state index contributed by atoms with van der Waals surface area (Å²) in [6.07, 6.45) is 0. The van der Waals surface area contributed by atoms with Crippen LogP contribution in [0.5, 0.6) is 5.75 Å². The molecule has 132 valence electrons. The Labute approximate surface area is 150 Å². The van der Waals surface area contributed by atoms with E-state index in [4.69, 9.17) is 20.9 Å². The number of aromatic nitrogens is 1. The molecule has 7 nitrogen and oxygen atoms in total. The fourth-order valence-electron chi connectivity index (χ4n) is 2.76. The van der Waals surface area contributed by atoms with Crippen molar-refractivity contribution in [3.8, 4) is 5.75 Å². The average molecular weight is 364 g/mol. The molecule has 2 aromatic rings. The predicted octanol–water partition coefficient (Wildman–Crippen LogP) is 2.24. The normalized spacial score (nSPS) is 14.5. The summed E-state index contributed by atoms with van der Waals surface area (Å²) in [4.78, 5) is 28.5. The first-order chi connectivity index (χ1) is 12.0. The van der Waals surface area contributed by atoms with E-state index in [9.17, 15) is 9.59 Å². The van der Waals surface area contributed by atoms with Gasteiger partial charge in [0.25, 0.3) is 11.8 Å². The van der Waals surface area contributed by atoms with E-state index in [-0.39, 0.29) is 17.5 Å². The number of nitrogens with zero attached hydrogens (tertiary/aromatic N) is 3.